The Balaban J connectivity index is 0.000000177. The standard InChI is InChI=1S/2C40H38N4O2.Co/c2*1-39(2,3)25-19-27(31-9-7-17-41-31)37(45)29(21-25)33-15-13-23-11-12-24-14-16-34(44-36(24)35(23)43-33)30-22-26(40(4,5)6)20-28(38(30)46)32-10-8-18-42-32;/h2*7-22,41-42,45-46H,1-6H3;. The van der Waals surface area contributed by atoms with E-state index in [4.69, 9.17) is 19.9 Å². The number of hydrogen-bond donors (Lipinski definition) is 8. The van der Waals surface area contributed by atoms with Crippen LogP contribution in [-0.2, 0) is 38.4 Å². The molecule has 8 heterocycles. The molecule has 93 heavy (non-hydrogen) atoms. The molecule has 14 aromatic rings. The molecule has 0 aliphatic rings. The minimum absolute atomic E-state index is 0. The summed E-state index contributed by atoms with van der Waals surface area (Å²) in [4.78, 5) is 33.6. The molecule has 6 aromatic carbocycles. The second-order valence-electron chi connectivity index (χ2n) is 28.2. The molecule has 0 aliphatic heterocycles. The van der Waals surface area contributed by atoms with Crippen LogP contribution in [0.1, 0.15) is 105 Å². The Kier molecular flexibility index (Phi) is 16.1. The van der Waals surface area contributed by atoms with Crippen LogP contribution in [0.4, 0.5) is 0 Å². The van der Waals surface area contributed by atoms with Crippen molar-refractivity contribution in [2.24, 2.45) is 0 Å². The Labute approximate surface area is 552 Å². The average molecular weight is 1270 g/mol. The number of fused-ring (bicyclic) bond motifs is 6. The van der Waals surface area contributed by atoms with Crippen molar-refractivity contribution in [2.45, 2.75) is 105 Å². The van der Waals surface area contributed by atoms with Crippen LogP contribution in [0.15, 0.2) is 195 Å². The van der Waals surface area contributed by atoms with Crippen molar-refractivity contribution in [3.05, 3.63) is 217 Å². The SMILES string of the molecule is CC(C)(C)c1cc(-c2ccc3ccc4ccc(-c5cc(C(C)(C)C)cc(-c6ccc[nH]6)c5O)nc4c3n2)c(O)c(-c2ccc[nH]2)c1.CC(C)(C)c1cc(-c2ccc3ccc4ccc(-c5cc(C(C)(C)C)cc(-c6ccc[nH]6)c5O)nc4c3n2)c(O)c(-c2ccc[nH]2)c1.[Co]. The molecule has 8 aromatic heterocycles. The Morgan fingerprint density at radius 2 is 0.441 bits per heavy atom. The number of H-pyrrole nitrogens is 4. The molecule has 14 rings (SSSR count). The molecule has 0 bridgehead atoms. The minimum Gasteiger partial charge on any atom is -0.507 e. The summed E-state index contributed by atoms with van der Waals surface area (Å²) in [6.07, 6.45) is 7.44. The topological polar surface area (TPSA) is 196 Å². The second-order valence-corrected chi connectivity index (χ2v) is 28.2. The summed E-state index contributed by atoms with van der Waals surface area (Å²) >= 11 is 0. The Morgan fingerprint density at radius 1 is 0.258 bits per heavy atom. The predicted molar refractivity (Wildman–Crippen MR) is 376 cm³/mol. The molecule has 8 N–H and O–H groups in total. The second kappa shape index (κ2) is 23.8. The van der Waals surface area contributed by atoms with Crippen molar-refractivity contribution < 1.29 is 37.2 Å². The van der Waals surface area contributed by atoms with Gasteiger partial charge in [0.2, 0.25) is 0 Å². The molecular weight excluding hydrogens is 1200 g/mol. The quantitative estimate of drug-likeness (QED) is 0.0688. The van der Waals surface area contributed by atoms with Gasteiger partial charge in [0.05, 0.1) is 44.8 Å². The van der Waals surface area contributed by atoms with Crippen molar-refractivity contribution in [3.63, 3.8) is 0 Å². The zero-order valence-electron chi connectivity index (χ0n) is 54.4. The number of aromatic hydroxyl groups is 4. The molecule has 0 spiro atoms. The van der Waals surface area contributed by atoms with Crippen molar-refractivity contribution in [3.8, 4) is 113 Å². The number of nitrogens with one attached hydrogen (secondary N) is 4. The first kappa shape index (κ1) is 63.0. The fourth-order valence-corrected chi connectivity index (χ4v) is 12.0. The summed E-state index contributed by atoms with van der Waals surface area (Å²) in [7, 11) is 0. The third kappa shape index (κ3) is 12.1. The van der Waals surface area contributed by atoms with Gasteiger partial charge in [-0.05, 0) is 165 Å². The summed E-state index contributed by atoms with van der Waals surface area (Å²) in [5.74, 6) is 0.711. The van der Waals surface area contributed by atoms with Gasteiger partial charge in [0, 0.05) is 130 Å². The number of nitrogens with zero attached hydrogens (tertiary/aromatic N) is 4. The Morgan fingerprint density at radius 3 is 0.613 bits per heavy atom. The third-order valence-corrected chi connectivity index (χ3v) is 17.6. The molecule has 0 fully saturated rings. The molecule has 1 radical (unpaired) electrons. The molecule has 0 aliphatic carbocycles. The fourth-order valence-electron chi connectivity index (χ4n) is 12.0. The van der Waals surface area contributed by atoms with Gasteiger partial charge in [-0.1, -0.05) is 132 Å². The van der Waals surface area contributed by atoms with E-state index in [1.54, 1.807) is 0 Å². The zero-order chi connectivity index (χ0) is 64.8. The van der Waals surface area contributed by atoms with Gasteiger partial charge < -0.3 is 40.4 Å². The van der Waals surface area contributed by atoms with E-state index < -0.39 is 0 Å². The normalized spacial score (nSPS) is 12.2. The van der Waals surface area contributed by atoms with E-state index in [-0.39, 0.29) is 61.4 Å². The van der Waals surface area contributed by atoms with Crippen LogP contribution in [-0.4, -0.2) is 60.3 Å². The smallest absolute Gasteiger partial charge is 0.134 e. The molecule has 13 heteroatoms. The van der Waals surface area contributed by atoms with E-state index in [2.05, 4.69) is 127 Å². The van der Waals surface area contributed by atoms with Crippen LogP contribution in [0.5, 0.6) is 23.0 Å². The predicted octanol–water partition coefficient (Wildman–Crippen LogP) is 20.2. The summed E-state index contributed by atoms with van der Waals surface area (Å²) in [6.45, 7) is 26.0. The van der Waals surface area contributed by atoms with Crippen molar-refractivity contribution >= 4 is 43.6 Å². The van der Waals surface area contributed by atoms with E-state index in [0.717, 1.165) is 111 Å². The van der Waals surface area contributed by atoms with Gasteiger partial charge in [0.25, 0.3) is 0 Å². The van der Waals surface area contributed by atoms with Gasteiger partial charge in [-0.15, -0.1) is 0 Å². The van der Waals surface area contributed by atoms with E-state index in [0.29, 0.717) is 45.0 Å². The van der Waals surface area contributed by atoms with Gasteiger partial charge in [-0.3, -0.25) is 0 Å². The van der Waals surface area contributed by atoms with E-state index >= 15 is 0 Å². The first-order chi connectivity index (χ1) is 43.8. The third-order valence-electron chi connectivity index (χ3n) is 17.6. The molecule has 0 saturated carbocycles. The maximum atomic E-state index is 11.6. The van der Waals surface area contributed by atoms with Crippen molar-refractivity contribution in [1.29, 1.82) is 0 Å². The minimum atomic E-state index is -0.146. The monoisotopic (exact) mass is 1270 g/mol. The molecule has 0 atom stereocenters. The number of phenols is 4. The number of hydrogen-bond acceptors (Lipinski definition) is 8. The summed E-state index contributed by atoms with van der Waals surface area (Å²) in [5, 5.41) is 50.2. The number of benzene rings is 6. The molecular formula is C80H76CoN8O4. The fraction of sp³-hybridized carbons (Fsp3) is 0.200. The average Bonchev–Trinajstić information content (AvgIpc) is 1.75. The van der Waals surface area contributed by atoms with Crippen LogP contribution in [0.2, 0.25) is 0 Å². The Hall–Kier alpha value is -10.2. The van der Waals surface area contributed by atoms with E-state index in [9.17, 15) is 20.4 Å². The van der Waals surface area contributed by atoms with E-state index in [1.165, 1.54) is 0 Å². The van der Waals surface area contributed by atoms with E-state index in [1.807, 2.05) is 170 Å². The number of phenolic OH excluding ortho intramolecular Hbond substituents is 4. The van der Waals surface area contributed by atoms with Crippen molar-refractivity contribution in [2.75, 3.05) is 0 Å². The first-order valence-corrected chi connectivity index (χ1v) is 31.2. The molecule has 0 amide bonds. The van der Waals surface area contributed by atoms with Crippen LogP contribution < -0.4 is 0 Å². The maximum Gasteiger partial charge on any atom is 0.134 e. The van der Waals surface area contributed by atoms with Gasteiger partial charge >= 0.3 is 0 Å². The van der Waals surface area contributed by atoms with Crippen LogP contribution in [0, 0.1) is 0 Å². The molecule has 12 nitrogen and oxygen atoms in total. The van der Waals surface area contributed by atoms with Crippen LogP contribution in [0.25, 0.3) is 134 Å². The van der Waals surface area contributed by atoms with Gasteiger partial charge in [0.1, 0.15) is 23.0 Å². The van der Waals surface area contributed by atoms with Gasteiger partial charge in [-0.25, -0.2) is 19.9 Å². The maximum absolute atomic E-state index is 11.6. The van der Waals surface area contributed by atoms with Crippen LogP contribution in [0.3, 0.4) is 0 Å². The van der Waals surface area contributed by atoms with Crippen molar-refractivity contribution in [1.82, 2.24) is 39.9 Å². The number of rotatable bonds is 8. The summed E-state index contributed by atoms with van der Waals surface area (Å²) in [5.41, 5.74) is 18.4. The van der Waals surface area contributed by atoms with Gasteiger partial charge in [0.15, 0.2) is 0 Å². The Bertz CT molecular complexity index is 4480. The van der Waals surface area contributed by atoms with Gasteiger partial charge in [-0.2, -0.15) is 0 Å². The number of aromatic amines is 4. The summed E-state index contributed by atoms with van der Waals surface area (Å²) < 4.78 is 0. The largest absolute Gasteiger partial charge is 0.507 e. The molecule has 0 unspecified atom stereocenters. The number of pyridine rings is 4. The number of aromatic nitrogens is 8. The summed E-state index contributed by atoms with van der Waals surface area (Å²) in [6, 6.07) is 56.1. The zero-order valence-corrected chi connectivity index (χ0v) is 55.4. The van der Waals surface area contributed by atoms with Crippen LogP contribution >= 0.6 is 0 Å². The molecule has 0 saturated heterocycles. The molecule has 469 valence electrons. The first-order valence-electron chi connectivity index (χ1n) is 31.2.